The van der Waals surface area contributed by atoms with Crippen LogP contribution in [0.4, 0.5) is 0 Å². The number of ether oxygens (including phenoxy) is 1. The molecular formula is C13H13ClN2O. The molecule has 0 saturated heterocycles. The molecule has 0 saturated carbocycles. The number of hydrogen-bond donors (Lipinski definition) is 1. The lowest BCUT2D eigenvalue weighted by molar-refractivity contribution is 0.415. The van der Waals surface area contributed by atoms with Gasteiger partial charge in [-0.1, -0.05) is 11.6 Å². The van der Waals surface area contributed by atoms with Gasteiger partial charge in [0.25, 0.3) is 0 Å². The van der Waals surface area contributed by atoms with Crippen LogP contribution in [0.1, 0.15) is 17.7 Å². The van der Waals surface area contributed by atoms with Gasteiger partial charge in [-0.15, -0.1) is 0 Å². The first-order valence-corrected chi connectivity index (χ1v) is 5.76. The van der Waals surface area contributed by atoms with Crippen molar-refractivity contribution in [1.82, 2.24) is 4.98 Å². The molecule has 0 aliphatic heterocycles. The first-order chi connectivity index (χ1) is 8.17. The predicted octanol–water partition coefficient (Wildman–Crippen LogP) is 3.59. The maximum Gasteiger partial charge on any atom is 0.138 e. The van der Waals surface area contributed by atoms with Crippen molar-refractivity contribution < 1.29 is 4.74 Å². The lowest BCUT2D eigenvalue weighted by atomic mass is 10.1. The monoisotopic (exact) mass is 248 g/mol. The predicted molar refractivity (Wildman–Crippen MR) is 68.5 cm³/mol. The van der Waals surface area contributed by atoms with Gasteiger partial charge in [0.1, 0.15) is 5.75 Å². The van der Waals surface area contributed by atoms with E-state index in [1.54, 1.807) is 7.11 Å². The first kappa shape index (κ1) is 11.8. The van der Waals surface area contributed by atoms with Gasteiger partial charge in [0.05, 0.1) is 18.2 Å². The number of nitrogens with zero attached hydrogens (tertiary/aromatic N) is 1. The van der Waals surface area contributed by atoms with Crippen molar-refractivity contribution in [2.45, 2.75) is 19.8 Å². The zero-order chi connectivity index (χ0) is 12.4. The molecule has 2 rings (SSSR count). The summed E-state index contributed by atoms with van der Waals surface area (Å²) in [5.74, 6) is 0.663. The van der Waals surface area contributed by atoms with E-state index in [1.165, 1.54) is 0 Å². The van der Waals surface area contributed by atoms with Crippen molar-refractivity contribution in [3.05, 3.63) is 28.4 Å². The Kier molecular flexibility index (Phi) is 3.26. The molecule has 0 unspecified atom stereocenters. The highest BCUT2D eigenvalue weighted by Crippen LogP contribution is 2.33. The number of aromatic nitrogens is 1. The topological polar surface area (TPSA) is 48.8 Å². The lowest BCUT2D eigenvalue weighted by Gasteiger charge is -2.03. The van der Waals surface area contributed by atoms with Gasteiger partial charge in [0.15, 0.2) is 0 Å². The Morgan fingerprint density at radius 1 is 1.47 bits per heavy atom. The number of aromatic amines is 1. The molecule has 0 spiro atoms. The quantitative estimate of drug-likeness (QED) is 0.902. The maximum atomic E-state index is 8.67. The van der Waals surface area contributed by atoms with Crippen LogP contribution in [0, 0.1) is 18.3 Å². The van der Waals surface area contributed by atoms with Crippen molar-refractivity contribution >= 4 is 22.5 Å². The number of nitriles is 1. The Bertz CT molecular complexity index is 595. The molecule has 2 aromatic rings. The summed E-state index contributed by atoms with van der Waals surface area (Å²) < 4.78 is 5.21. The highest BCUT2D eigenvalue weighted by Gasteiger charge is 2.11. The van der Waals surface area contributed by atoms with E-state index in [2.05, 4.69) is 11.1 Å². The summed E-state index contributed by atoms with van der Waals surface area (Å²) in [5, 5.41) is 10.3. The minimum Gasteiger partial charge on any atom is -0.495 e. The molecule has 17 heavy (non-hydrogen) atoms. The normalized spacial score (nSPS) is 10.5. The Balaban J connectivity index is 2.59. The second-order valence-corrected chi connectivity index (χ2v) is 4.33. The Morgan fingerprint density at radius 2 is 2.24 bits per heavy atom. The van der Waals surface area contributed by atoms with Crippen LogP contribution in [-0.4, -0.2) is 12.1 Å². The zero-order valence-electron chi connectivity index (χ0n) is 9.80. The summed E-state index contributed by atoms with van der Waals surface area (Å²) in [4.78, 5) is 3.28. The van der Waals surface area contributed by atoms with Crippen LogP contribution in [0.3, 0.4) is 0 Å². The summed E-state index contributed by atoms with van der Waals surface area (Å²) in [7, 11) is 1.60. The third-order valence-electron chi connectivity index (χ3n) is 2.88. The fourth-order valence-corrected chi connectivity index (χ4v) is 2.29. The number of H-pyrrole nitrogens is 1. The molecule has 0 bridgehead atoms. The van der Waals surface area contributed by atoms with Crippen molar-refractivity contribution in [3.8, 4) is 11.8 Å². The van der Waals surface area contributed by atoms with Crippen LogP contribution in [0.5, 0.6) is 5.75 Å². The van der Waals surface area contributed by atoms with E-state index in [0.29, 0.717) is 17.2 Å². The molecule has 0 radical (unpaired) electrons. The number of hydrogen-bond acceptors (Lipinski definition) is 2. The molecule has 88 valence electrons. The summed E-state index contributed by atoms with van der Waals surface area (Å²) in [6, 6.07) is 5.95. The highest BCUT2D eigenvalue weighted by atomic mass is 35.5. The molecule has 0 atom stereocenters. The van der Waals surface area contributed by atoms with Gasteiger partial charge in [-0.05, 0) is 31.0 Å². The SMILES string of the molecule is COc1cc2c(CCC#N)c(C)[nH]c2cc1Cl. The van der Waals surface area contributed by atoms with E-state index < -0.39 is 0 Å². The third kappa shape index (κ3) is 2.09. The van der Waals surface area contributed by atoms with Crippen LogP contribution >= 0.6 is 11.6 Å². The molecule has 1 heterocycles. The maximum absolute atomic E-state index is 8.67. The minimum absolute atomic E-state index is 0.513. The molecule has 4 heteroatoms. The van der Waals surface area contributed by atoms with Gasteiger partial charge in [0, 0.05) is 23.0 Å². The van der Waals surface area contributed by atoms with E-state index >= 15 is 0 Å². The highest BCUT2D eigenvalue weighted by molar-refractivity contribution is 6.32. The van der Waals surface area contributed by atoms with Gasteiger partial charge < -0.3 is 9.72 Å². The van der Waals surface area contributed by atoms with Crippen LogP contribution < -0.4 is 4.74 Å². The second-order valence-electron chi connectivity index (χ2n) is 3.92. The van der Waals surface area contributed by atoms with E-state index in [-0.39, 0.29) is 0 Å². The standard InChI is InChI=1S/C13H13ClN2O/c1-8-9(4-3-5-15)10-6-13(17-2)11(14)7-12(10)16-8/h6-7,16H,3-4H2,1-2H3. The molecule has 0 aliphatic carbocycles. The van der Waals surface area contributed by atoms with Crippen molar-refractivity contribution in [3.63, 3.8) is 0 Å². The van der Waals surface area contributed by atoms with Gasteiger partial charge in [0.2, 0.25) is 0 Å². The average molecular weight is 249 g/mol. The van der Waals surface area contributed by atoms with E-state index in [1.807, 2.05) is 19.1 Å². The molecule has 0 amide bonds. The van der Waals surface area contributed by atoms with Gasteiger partial charge in [-0.3, -0.25) is 0 Å². The van der Waals surface area contributed by atoms with Crippen LogP contribution in [0.25, 0.3) is 10.9 Å². The number of aryl methyl sites for hydroxylation is 2. The van der Waals surface area contributed by atoms with Crippen LogP contribution in [0.15, 0.2) is 12.1 Å². The summed E-state index contributed by atoms with van der Waals surface area (Å²) in [6.45, 7) is 2.01. The zero-order valence-corrected chi connectivity index (χ0v) is 10.6. The first-order valence-electron chi connectivity index (χ1n) is 5.39. The molecule has 1 aromatic carbocycles. The van der Waals surface area contributed by atoms with Crippen molar-refractivity contribution in [1.29, 1.82) is 5.26 Å². The Labute approximate surface area is 105 Å². The average Bonchev–Trinajstić information content (AvgIpc) is 2.60. The van der Waals surface area contributed by atoms with Crippen molar-refractivity contribution in [2.75, 3.05) is 7.11 Å². The van der Waals surface area contributed by atoms with Crippen LogP contribution in [0.2, 0.25) is 5.02 Å². The number of nitrogens with one attached hydrogen (secondary N) is 1. The molecular weight excluding hydrogens is 236 g/mol. The molecule has 0 aliphatic rings. The van der Waals surface area contributed by atoms with E-state index in [0.717, 1.165) is 28.6 Å². The number of benzene rings is 1. The molecule has 0 fully saturated rings. The van der Waals surface area contributed by atoms with Gasteiger partial charge in [-0.2, -0.15) is 5.26 Å². The Morgan fingerprint density at radius 3 is 2.88 bits per heavy atom. The minimum atomic E-state index is 0.513. The Hall–Kier alpha value is -1.66. The fourth-order valence-electron chi connectivity index (χ4n) is 2.05. The number of fused-ring (bicyclic) bond motifs is 1. The van der Waals surface area contributed by atoms with Gasteiger partial charge >= 0.3 is 0 Å². The third-order valence-corrected chi connectivity index (χ3v) is 3.17. The van der Waals surface area contributed by atoms with E-state index in [4.69, 9.17) is 21.6 Å². The van der Waals surface area contributed by atoms with Crippen LogP contribution in [-0.2, 0) is 6.42 Å². The van der Waals surface area contributed by atoms with Crippen molar-refractivity contribution in [2.24, 2.45) is 0 Å². The lowest BCUT2D eigenvalue weighted by Crippen LogP contribution is -1.87. The summed E-state index contributed by atoms with van der Waals surface area (Å²) in [5.41, 5.74) is 3.23. The number of rotatable bonds is 3. The largest absolute Gasteiger partial charge is 0.495 e. The molecule has 1 aromatic heterocycles. The second kappa shape index (κ2) is 4.68. The van der Waals surface area contributed by atoms with Gasteiger partial charge in [-0.25, -0.2) is 0 Å². The fraction of sp³-hybridized carbons (Fsp3) is 0.308. The van der Waals surface area contributed by atoms with E-state index in [9.17, 15) is 0 Å². The summed E-state index contributed by atoms with van der Waals surface area (Å²) >= 11 is 6.07. The molecule has 1 N–H and O–H groups in total. The number of methoxy groups -OCH3 is 1. The number of halogens is 1. The smallest absolute Gasteiger partial charge is 0.138 e. The molecule has 3 nitrogen and oxygen atoms in total. The summed E-state index contributed by atoms with van der Waals surface area (Å²) in [6.07, 6.45) is 1.26.